The zero-order valence-corrected chi connectivity index (χ0v) is 10.4. The molecule has 0 bridgehead atoms. The van der Waals surface area contributed by atoms with Crippen LogP contribution in [-0.4, -0.2) is 0 Å². The van der Waals surface area contributed by atoms with Gasteiger partial charge in [0.2, 0.25) is 0 Å². The molecule has 0 radical (unpaired) electrons. The maximum Gasteiger partial charge on any atom is 0.0366 e. The Labute approximate surface area is 96.1 Å². The van der Waals surface area contributed by atoms with E-state index in [1.165, 1.54) is 21.2 Å². The van der Waals surface area contributed by atoms with Crippen molar-refractivity contribution in [3.05, 3.63) is 28.6 Å². The summed E-state index contributed by atoms with van der Waals surface area (Å²) in [6, 6.07) is 4.26. The highest BCUT2D eigenvalue weighted by molar-refractivity contribution is 9.08. The molecule has 0 saturated heterocycles. The van der Waals surface area contributed by atoms with E-state index >= 15 is 0 Å². The second-order valence-corrected chi connectivity index (χ2v) is 4.75. The van der Waals surface area contributed by atoms with Crippen LogP contribution in [-0.2, 0) is 11.8 Å². The van der Waals surface area contributed by atoms with E-state index in [2.05, 4.69) is 40.4 Å². The second kappa shape index (κ2) is 3.91. The fourth-order valence-electron chi connectivity index (χ4n) is 1.82. The number of nitrogen functional groups attached to an aromatic ring is 1. The van der Waals surface area contributed by atoms with E-state index in [1.807, 2.05) is 0 Å². The second-order valence-electron chi connectivity index (χ2n) is 3.24. The Morgan fingerprint density at radius 1 is 1.43 bits per heavy atom. The van der Waals surface area contributed by atoms with Crippen molar-refractivity contribution >= 4 is 43.0 Å². The van der Waals surface area contributed by atoms with Gasteiger partial charge in [-0.05, 0) is 40.4 Å². The number of anilines is 1. The summed E-state index contributed by atoms with van der Waals surface area (Å²) < 4.78 is 1.29. The number of alkyl halides is 1. The minimum atomic E-state index is 0.883. The first-order valence-electron chi connectivity index (χ1n) is 4.61. The van der Waals surface area contributed by atoms with Crippen molar-refractivity contribution in [2.24, 2.45) is 0 Å². The van der Waals surface area contributed by atoms with Gasteiger partial charge in [-0.25, -0.2) is 0 Å². The van der Waals surface area contributed by atoms with Crippen LogP contribution in [0.4, 0.5) is 5.69 Å². The molecular weight excluding hydrogens is 258 g/mol. The normalized spacial score (nSPS) is 11.0. The van der Waals surface area contributed by atoms with Crippen LogP contribution in [0.25, 0.3) is 10.1 Å². The van der Waals surface area contributed by atoms with Gasteiger partial charge in [-0.15, -0.1) is 11.3 Å². The Morgan fingerprint density at radius 2 is 2.21 bits per heavy atom. The largest absolute Gasteiger partial charge is 0.398 e. The molecule has 0 saturated carbocycles. The molecule has 74 valence electrons. The van der Waals surface area contributed by atoms with E-state index < -0.39 is 0 Å². The van der Waals surface area contributed by atoms with Crippen molar-refractivity contribution in [1.82, 2.24) is 0 Å². The molecule has 14 heavy (non-hydrogen) atoms. The number of benzene rings is 1. The molecular formula is C11H12BrNS. The lowest BCUT2D eigenvalue weighted by Crippen LogP contribution is -1.97. The topological polar surface area (TPSA) is 26.0 Å². The minimum absolute atomic E-state index is 0.883. The summed E-state index contributed by atoms with van der Waals surface area (Å²) in [6.07, 6.45) is 0.999. The monoisotopic (exact) mass is 269 g/mol. The molecule has 0 unspecified atom stereocenters. The molecule has 0 fully saturated rings. The van der Waals surface area contributed by atoms with Gasteiger partial charge in [0.25, 0.3) is 0 Å². The van der Waals surface area contributed by atoms with Crippen LogP contribution in [0, 0.1) is 0 Å². The Morgan fingerprint density at radius 3 is 2.86 bits per heavy atom. The third-order valence-corrected chi connectivity index (χ3v) is 3.93. The summed E-state index contributed by atoms with van der Waals surface area (Å²) in [5.41, 5.74) is 9.58. The van der Waals surface area contributed by atoms with Gasteiger partial charge in [0.15, 0.2) is 0 Å². The van der Waals surface area contributed by atoms with Crippen molar-refractivity contribution < 1.29 is 0 Å². The molecule has 0 atom stereocenters. The number of hydrogen-bond acceptors (Lipinski definition) is 2. The van der Waals surface area contributed by atoms with Gasteiger partial charge in [0.05, 0.1) is 0 Å². The van der Waals surface area contributed by atoms with Gasteiger partial charge in [-0.1, -0.05) is 22.9 Å². The molecule has 2 N–H and O–H groups in total. The number of rotatable bonds is 2. The molecule has 1 aromatic carbocycles. The van der Waals surface area contributed by atoms with Gasteiger partial charge < -0.3 is 5.73 Å². The first-order chi connectivity index (χ1) is 6.77. The lowest BCUT2D eigenvalue weighted by molar-refractivity contribution is 1.12. The molecule has 0 aliphatic carbocycles. The fraction of sp³-hybridized carbons (Fsp3) is 0.273. The first-order valence-corrected chi connectivity index (χ1v) is 6.61. The maximum atomic E-state index is 6.02. The summed E-state index contributed by atoms with van der Waals surface area (Å²) in [6.45, 7) is 2.15. The molecule has 2 aromatic rings. The van der Waals surface area contributed by atoms with E-state index in [0.717, 1.165) is 17.4 Å². The smallest absolute Gasteiger partial charge is 0.0366 e. The Balaban J connectivity index is 2.82. The first kappa shape index (κ1) is 9.99. The number of fused-ring (bicyclic) bond motifs is 1. The van der Waals surface area contributed by atoms with Gasteiger partial charge in [0.1, 0.15) is 0 Å². The molecule has 1 nitrogen and oxygen atoms in total. The molecule has 0 aliphatic rings. The Bertz CT molecular complexity index is 462. The lowest BCUT2D eigenvalue weighted by Gasteiger charge is -2.10. The summed E-state index contributed by atoms with van der Waals surface area (Å²) in [5.74, 6) is 0. The minimum Gasteiger partial charge on any atom is -0.398 e. The molecule has 2 rings (SSSR count). The van der Waals surface area contributed by atoms with Gasteiger partial charge in [-0.3, -0.25) is 0 Å². The zero-order chi connectivity index (χ0) is 10.1. The van der Waals surface area contributed by atoms with Gasteiger partial charge >= 0.3 is 0 Å². The molecule has 3 heteroatoms. The number of nitrogens with two attached hydrogens (primary N) is 1. The van der Waals surface area contributed by atoms with Crippen LogP contribution in [0.2, 0.25) is 0 Å². The average molecular weight is 270 g/mol. The highest BCUT2D eigenvalue weighted by atomic mass is 79.9. The zero-order valence-electron chi connectivity index (χ0n) is 8.01. The number of halogens is 1. The van der Waals surface area contributed by atoms with Gasteiger partial charge in [-0.2, -0.15) is 0 Å². The van der Waals surface area contributed by atoms with E-state index in [9.17, 15) is 0 Å². The summed E-state index contributed by atoms with van der Waals surface area (Å²) in [4.78, 5) is 0. The highest BCUT2D eigenvalue weighted by Crippen LogP contribution is 2.32. The predicted molar refractivity (Wildman–Crippen MR) is 68.2 cm³/mol. The SMILES string of the molecule is CCc1c(N)cc2sccc2c1CBr. The molecule has 1 aromatic heterocycles. The van der Waals surface area contributed by atoms with E-state index in [1.54, 1.807) is 11.3 Å². The summed E-state index contributed by atoms with van der Waals surface area (Å²) in [7, 11) is 0. The molecule has 0 spiro atoms. The third kappa shape index (κ3) is 1.44. The Kier molecular flexibility index (Phi) is 2.79. The van der Waals surface area contributed by atoms with Crippen LogP contribution in [0.15, 0.2) is 17.5 Å². The van der Waals surface area contributed by atoms with E-state index in [0.29, 0.717) is 0 Å². The van der Waals surface area contributed by atoms with E-state index in [-0.39, 0.29) is 0 Å². The van der Waals surface area contributed by atoms with Crippen molar-refractivity contribution in [3.8, 4) is 0 Å². The van der Waals surface area contributed by atoms with Crippen LogP contribution >= 0.6 is 27.3 Å². The van der Waals surface area contributed by atoms with Crippen molar-refractivity contribution in [1.29, 1.82) is 0 Å². The predicted octanol–water partition coefficient (Wildman–Crippen LogP) is 3.94. The average Bonchev–Trinajstić information content (AvgIpc) is 2.62. The highest BCUT2D eigenvalue weighted by Gasteiger charge is 2.09. The van der Waals surface area contributed by atoms with Crippen molar-refractivity contribution in [2.75, 3.05) is 5.73 Å². The lowest BCUT2D eigenvalue weighted by atomic mass is 10.0. The maximum absolute atomic E-state index is 6.02. The van der Waals surface area contributed by atoms with Crippen molar-refractivity contribution in [2.45, 2.75) is 18.7 Å². The standard InChI is InChI=1S/C11H12BrNS/c1-2-7-9(6-12)8-3-4-14-11(8)5-10(7)13/h3-5H,2,6,13H2,1H3. The van der Waals surface area contributed by atoms with Crippen molar-refractivity contribution in [3.63, 3.8) is 0 Å². The number of hydrogen-bond donors (Lipinski definition) is 1. The quantitative estimate of drug-likeness (QED) is 0.649. The van der Waals surface area contributed by atoms with Crippen LogP contribution in [0.1, 0.15) is 18.1 Å². The van der Waals surface area contributed by atoms with E-state index in [4.69, 9.17) is 5.73 Å². The molecule has 0 amide bonds. The summed E-state index contributed by atoms with van der Waals surface area (Å²) in [5, 5.41) is 4.35. The molecule has 0 aliphatic heterocycles. The van der Waals surface area contributed by atoms with Crippen LogP contribution in [0.3, 0.4) is 0 Å². The fourth-order valence-corrected chi connectivity index (χ4v) is 3.32. The summed E-state index contributed by atoms with van der Waals surface area (Å²) >= 11 is 5.29. The van der Waals surface area contributed by atoms with Crippen LogP contribution in [0.5, 0.6) is 0 Å². The van der Waals surface area contributed by atoms with Gasteiger partial charge in [0, 0.05) is 15.7 Å². The van der Waals surface area contributed by atoms with Crippen LogP contribution < -0.4 is 5.73 Å². The molecule has 1 heterocycles. The number of thiophene rings is 1. The Hall–Kier alpha value is -0.540. The third-order valence-electron chi connectivity index (χ3n) is 2.51.